The molecule has 60 heavy (non-hydrogen) atoms. The van der Waals surface area contributed by atoms with Gasteiger partial charge in [-0.3, -0.25) is 19.3 Å². The fourth-order valence-corrected chi connectivity index (χ4v) is 9.45. The number of nitrogens with zero attached hydrogens (tertiary/aromatic N) is 4. The number of ketones is 1. The molecule has 5 aliphatic rings. The molecule has 3 aliphatic carbocycles. The maximum absolute atomic E-state index is 14.8. The summed E-state index contributed by atoms with van der Waals surface area (Å²) in [5, 5.41) is 6.71. The minimum Gasteiger partial charge on any atom is -0.491 e. The number of carbonyl (C=O) groups excluding carboxylic acids is 4. The van der Waals surface area contributed by atoms with Crippen LogP contribution in [-0.2, 0) is 23.9 Å². The second-order valence-electron chi connectivity index (χ2n) is 18.0. The number of imidazole rings is 1. The zero-order valence-corrected chi connectivity index (χ0v) is 35.7. The lowest BCUT2D eigenvalue weighted by molar-refractivity contribution is -0.142. The molecule has 324 valence electrons. The molecule has 3 aromatic rings. The molecule has 2 aromatic heterocycles. The number of hydrogen-bond donors (Lipinski definition) is 3. The number of ether oxygens (including phenoxy) is 5. The van der Waals surface area contributed by atoms with Gasteiger partial charge in [0.25, 0.3) is 6.01 Å². The van der Waals surface area contributed by atoms with Crippen LogP contribution in [0.1, 0.15) is 73.1 Å². The van der Waals surface area contributed by atoms with Crippen molar-refractivity contribution in [1.29, 1.82) is 0 Å². The second kappa shape index (κ2) is 17.0. The third-order valence-corrected chi connectivity index (χ3v) is 13.2. The lowest BCUT2D eigenvalue weighted by atomic mass is 9.85. The first-order chi connectivity index (χ1) is 28.7. The number of aromatic amines is 1. The van der Waals surface area contributed by atoms with Crippen LogP contribution in [0, 0.1) is 23.2 Å². The Hall–Kier alpha value is -4.67. The number of hydrogen-bond acceptors (Lipinski definition) is 12. The zero-order valence-electron chi connectivity index (χ0n) is 35.0. The van der Waals surface area contributed by atoms with Gasteiger partial charge in [0.2, 0.25) is 17.7 Å². The summed E-state index contributed by atoms with van der Waals surface area (Å²) in [6.07, 6.45) is 5.84. The number of alkyl carbamates (subject to hydrolysis) is 1. The van der Waals surface area contributed by atoms with E-state index in [1.54, 1.807) is 30.6 Å². The van der Waals surface area contributed by atoms with Crippen LogP contribution in [0.3, 0.4) is 0 Å². The average molecular weight is 850 g/mol. The SMILES string of the molecule is CC[C@@H]1C[C@]1(NC(=O)[C@@H]1C[C@@H](Oc2cc(Oc3ncc[nH]3)nc3c(Cl)c(OCCN4CCOCC4)ccc23)CN1C(=O)[C@@H](NC(=O)OC1C[C@@H]2C[C@@H]2C1)C(C)(C)C)C(C)=O. The van der Waals surface area contributed by atoms with E-state index in [0.29, 0.717) is 67.0 Å². The molecule has 1 unspecified atom stereocenters. The first kappa shape index (κ1) is 42.0. The summed E-state index contributed by atoms with van der Waals surface area (Å²) >= 11 is 7.00. The first-order valence-corrected chi connectivity index (χ1v) is 21.6. The lowest BCUT2D eigenvalue weighted by Gasteiger charge is -2.35. The van der Waals surface area contributed by atoms with Crippen LogP contribution >= 0.6 is 11.6 Å². The quantitative estimate of drug-likeness (QED) is 0.180. The Labute approximate surface area is 354 Å². The molecule has 16 nitrogen and oxygen atoms in total. The van der Waals surface area contributed by atoms with E-state index in [-0.39, 0.29) is 47.7 Å². The first-order valence-electron chi connectivity index (χ1n) is 21.2. The molecule has 2 saturated heterocycles. The van der Waals surface area contributed by atoms with Crippen LogP contribution in [0.15, 0.2) is 30.6 Å². The molecule has 0 spiro atoms. The van der Waals surface area contributed by atoms with Crippen molar-refractivity contribution >= 4 is 46.2 Å². The third kappa shape index (κ3) is 9.01. The van der Waals surface area contributed by atoms with Crippen molar-refractivity contribution in [3.8, 4) is 23.4 Å². The molecule has 4 heterocycles. The van der Waals surface area contributed by atoms with E-state index in [4.69, 9.17) is 40.3 Å². The van der Waals surface area contributed by atoms with Crippen LogP contribution in [0.2, 0.25) is 5.02 Å². The Bertz CT molecular complexity index is 2080. The van der Waals surface area contributed by atoms with Gasteiger partial charge in [0.15, 0.2) is 5.78 Å². The molecule has 0 radical (unpaired) electrons. The Morgan fingerprint density at radius 3 is 2.50 bits per heavy atom. The number of benzene rings is 1. The summed E-state index contributed by atoms with van der Waals surface area (Å²) in [4.78, 5) is 70.9. The van der Waals surface area contributed by atoms with Crippen LogP contribution < -0.4 is 24.8 Å². The van der Waals surface area contributed by atoms with Gasteiger partial charge >= 0.3 is 6.09 Å². The van der Waals surface area contributed by atoms with Crippen molar-refractivity contribution in [1.82, 2.24) is 35.4 Å². The fourth-order valence-electron chi connectivity index (χ4n) is 9.19. The van der Waals surface area contributed by atoms with Crippen molar-refractivity contribution in [2.24, 2.45) is 23.2 Å². The average Bonchev–Trinajstić information content (AvgIpc) is 3.85. The molecule has 0 bridgehead atoms. The van der Waals surface area contributed by atoms with E-state index in [1.165, 1.54) is 18.2 Å². The van der Waals surface area contributed by atoms with Crippen LogP contribution in [0.5, 0.6) is 23.4 Å². The molecule has 3 amide bonds. The Morgan fingerprint density at radius 1 is 1.07 bits per heavy atom. The molecular formula is C43H56ClN7O9. The van der Waals surface area contributed by atoms with E-state index < -0.39 is 47.0 Å². The highest BCUT2D eigenvalue weighted by molar-refractivity contribution is 6.36. The van der Waals surface area contributed by atoms with E-state index >= 15 is 0 Å². The lowest BCUT2D eigenvalue weighted by Crippen LogP contribution is -2.59. The fraction of sp³-hybridized carbons (Fsp3) is 0.628. The zero-order chi connectivity index (χ0) is 42.3. The number of amides is 3. The highest BCUT2D eigenvalue weighted by Crippen LogP contribution is 2.52. The minimum atomic E-state index is -1.03. The van der Waals surface area contributed by atoms with E-state index in [1.807, 2.05) is 27.7 Å². The van der Waals surface area contributed by atoms with Crippen LogP contribution in [-0.4, -0.2) is 124 Å². The van der Waals surface area contributed by atoms with Crippen LogP contribution in [0.25, 0.3) is 10.9 Å². The monoisotopic (exact) mass is 849 g/mol. The summed E-state index contributed by atoms with van der Waals surface area (Å²) in [7, 11) is 0. The summed E-state index contributed by atoms with van der Waals surface area (Å²) in [5.74, 6) is 1.12. The van der Waals surface area contributed by atoms with Gasteiger partial charge in [-0.25, -0.2) is 14.8 Å². The number of halogens is 1. The molecule has 1 aromatic carbocycles. The number of morpholine rings is 1. The molecule has 3 N–H and O–H groups in total. The second-order valence-corrected chi connectivity index (χ2v) is 18.4. The minimum absolute atomic E-state index is 0.00511. The van der Waals surface area contributed by atoms with Gasteiger partial charge in [-0.15, -0.1) is 0 Å². The number of H-pyrrole nitrogens is 1. The maximum atomic E-state index is 14.8. The number of likely N-dealkylation sites (tertiary alicyclic amines) is 1. The Balaban J connectivity index is 1.06. The summed E-state index contributed by atoms with van der Waals surface area (Å²) in [5.41, 5.74) is -1.38. The van der Waals surface area contributed by atoms with Crippen LogP contribution in [0.4, 0.5) is 4.79 Å². The molecule has 3 saturated carbocycles. The summed E-state index contributed by atoms with van der Waals surface area (Å²) in [6, 6.07) is 3.34. The smallest absolute Gasteiger partial charge is 0.408 e. The van der Waals surface area contributed by atoms with Crippen molar-refractivity contribution in [3.05, 3.63) is 35.6 Å². The number of rotatable bonds is 15. The number of carbonyl (C=O) groups is 4. The maximum Gasteiger partial charge on any atom is 0.408 e. The summed E-state index contributed by atoms with van der Waals surface area (Å²) in [6.45, 7) is 13.2. The molecule has 17 heteroatoms. The molecule has 5 fully saturated rings. The standard InChI is InChI=1S/C43H56ClN7O9/c1-6-27-22-43(27,24(2)52)49-38(53)31-20-29(23-51(31)39(54)37(42(3,4)5)48-41(55)59-28-18-25-17-26(25)19-28)58-33-21-34(60-40-45-9-10-46-40)47-36-30(33)7-8-32(35(36)44)57-16-13-50-11-14-56-15-12-50/h7-10,21,25-29,31,37H,6,11-20,22-23H2,1-5H3,(H,45,46)(H,48,55)(H,49,53)/t25-,26+,27-,28?,29-,31+,37-,43+/m1/s1. The van der Waals surface area contributed by atoms with Gasteiger partial charge < -0.3 is 44.2 Å². The largest absolute Gasteiger partial charge is 0.491 e. The third-order valence-electron chi connectivity index (χ3n) is 12.8. The summed E-state index contributed by atoms with van der Waals surface area (Å²) < 4.78 is 30.1. The van der Waals surface area contributed by atoms with Gasteiger partial charge in [0, 0.05) is 49.9 Å². The normalized spacial score (nSPS) is 27.8. The number of pyridine rings is 1. The number of nitrogens with one attached hydrogen (secondary N) is 3. The van der Waals surface area contributed by atoms with Gasteiger partial charge in [-0.2, -0.15) is 0 Å². The van der Waals surface area contributed by atoms with Gasteiger partial charge in [-0.05, 0) is 67.9 Å². The molecule has 2 aliphatic heterocycles. The predicted octanol–water partition coefficient (Wildman–Crippen LogP) is 5.28. The topological polar surface area (TPSA) is 187 Å². The van der Waals surface area contributed by atoms with Crippen molar-refractivity contribution < 1.29 is 42.9 Å². The Morgan fingerprint density at radius 2 is 1.83 bits per heavy atom. The van der Waals surface area contributed by atoms with E-state index in [0.717, 1.165) is 32.4 Å². The Kier molecular flexibility index (Phi) is 11.9. The molecule has 8 rings (SSSR count). The molecular weight excluding hydrogens is 794 g/mol. The predicted molar refractivity (Wildman–Crippen MR) is 220 cm³/mol. The number of Topliss-reactive ketones (excluding diaryl/α,β-unsaturated/α-hetero) is 1. The van der Waals surface area contributed by atoms with Crippen molar-refractivity contribution in [3.63, 3.8) is 0 Å². The highest BCUT2D eigenvalue weighted by atomic mass is 35.5. The van der Waals surface area contributed by atoms with Crippen molar-refractivity contribution in [2.45, 2.75) is 103 Å². The van der Waals surface area contributed by atoms with Crippen molar-refractivity contribution in [2.75, 3.05) is 46.0 Å². The van der Waals surface area contributed by atoms with Gasteiger partial charge in [-0.1, -0.05) is 45.7 Å². The highest BCUT2D eigenvalue weighted by Gasteiger charge is 2.59. The van der Waals surface area contributed by atoms with E-state index in [9.17, 15) is 19.2 Å². The van der Waals surface area contributed by atoms with E-state index in [2.05, 4.69) is 25.5 Å². The number of fused-ring (bicyclic) bond motifs is 2. The molecule has 8 atom stereocenters. The number of aromatic nitrogens is 3. The van der Waals surface area contributed by atoms with Gasteiger partial charge in [0.05, 0.1) is 19.8 Å². The van der Waals surface area contributed by atoms with Gasteiger partial charge in [0.1, 0.15) is 58.5 Å².